The van der Waals surface area contributed by atoms with Crippen molar-refractivity contribution in [1.29, 1.82) is 0 Å². The van der Waals surface area contributed by atoms with Crippen molar-refractivity contribution in [3.05, 3.63) is 6.20 Å². The average molecular weight is 241 g/mol. The van der Waals surface area contributed by atoms with E-state index < -0.39 is 5.97 Å². The van der Waals surface area contributed by atoms with Crippen LogP contribution < -0.4 is 11.1 Å². The predicted molar refractivity (Wildman–Crippen MR) is 65.9 cm³/mol. The molecular weight excluding hydrogens is 222 g/mol. The summed E-state index contributed by atoms with van der Waals surface area (Å²) in [4.78, 5) is 12.6. The molecule has 0 aromatic carbocycles. The molecule has 0 aliphatic rings. The predicted octanol–water partition coefficient (Wildman–Crippen LogP) is -0.0865. The number of nitrogens with one attached hydrogen (secondary N) is 1. The molecule has 0 fully saturated rings. The van der Waals surface area contributed by atoms with Crippen molar-refractivity contribution in [3.63, 3.8) is 0 Å². The number of anilines is 2. The third kappa shape index (κ3) is 4.31. The summed E-state index contributed by atoms with van der Waals surface area (Å²) in [6, 6.07) is 0. The molecule has 4 N–H and O–H groups in total. The number of aliphatic carboxylic acids is 1. The van der Waals surface area contributed by atoms with Crippen molar-refractivity contribution in [1.82, 2.24) is 14.7 Å². The molecule has 0 spiro atoms. The first-order valence-electron chi connectivity index (χ1n) is 5.42. The van der Waals surface area contributed by atoms with Crippen LogP contribution in [0, 0.1) is 0 Å². The van der Waals surface area contributed by atoms with Crippen LogP contribution in [0.1, 0.15) is 6.42 Å². The Balaban J connectivity index is 2.56. The highest BCUT2D eigenvalue weighted by molar-refractivity contribution is 5.74. The van der Waals surface area contributed by atoms with Crippen LogP contribution in [0.5, 0.6) is 0 Å². The number of carboxylic acids is 1. The van der Waals surface area contributed by atoms with E-state index in [4.69, 9.17) is 10.8 Å². The standard InChI is InChI=1S/C10H19N5O2/c1-14(2)4-3-5-15-10(8(11)6-13-15)12-7-9(16)17/h6,12H,3-5,7,11H2,1-2H3,(H,16,17). The molecule has 0 amide bonds. The molecule has 0 atom stereocenters. The summed E-state index contributed by atoms with van der Waals surface area (Å²) < 4.78 is 1.70. The van der Waals surface area contributed by atoms with Crippen LogP contribution in [0.4, 0.5) is 11.5 Å². The van der Waals surface area contributed by atoms with Crippen molar-refractivity contribution >= 4 is 17.5 Å². The molecule has 0 saturated carbocycles. The smallest absolute Gasteiger partial charge is 0.322 e. The van der Waals surface area contributed by atoms with Gasteiger partial charge in [0.15, 0.2) is 0 Å². The van der Waals surface area contributed by atoms with Gasteiger partial charge in [-0.25, -0.2) is 4.68 Å². The number of carboxylic acid groups (broad SMARTS) is 1. The van der Waals surface area contributed by atoms with Gasteiger partial charge in [0.05, 0.1) is 11.9 Å². The third-order valence-electron chi connectivity index (χ3n) is 2.25. The Hall–Kier alpha value is -1.76. The molecule has 0 saturated heterocycles. The highest BCUT2D eigenvalue weighted by Gasteiger charge is 2.08. The van der Waals surface area contributed by atoms with Gasteiger partial charge >= 0.3 is 5.97 Å². The molecule has 0 aliphatic carbocycles. The number of aromatic nitrogens is 2. The molecule has 96 valence electrons. The van der Waals surface area contributed by atoms with Crippen molar-refractivity contribution in [3.8, 4) is 0 Å². The van der Waals surface area contributed by atoms with Gasteiger partial charge in [0.1, 0.15) is 12.4 Å². The van der Waals surface area contributed by atoms with Crippen LogP contribution in [0.3, 0.4) is 0 Å². The Morgan fingerprint density at radius 2 is 2.35 bits per heavy atom. The zero-order valence-electron chi connectivity index (χ0n) is 10.2. The van der Waals surface area contributed by atoms with E-state index in [1.165, 1.54) is 6.20 Å². The summed E-state index contributed by atoms with van der Waals surface area (Å²) in [7, 11) is 4.00. The van der Waals surface area contributed by atoms with Crippen molar-refractivity contribution in [2.75, 3.05) is 38.2 Å². The van der Waals surface area contributed by atoms with E-state index in [0.717, 1.165) is 13.0 Å². The first-order chi connectivity index (χ1) is 8.00. The molecule has 0 aliphatic heterocycles. The highest BCUT2D eigenvalue weighted by atomic mass is 16.4. The van der Waals surface area contributed by atoms with E-state index in [9.17, 15) is 4.79 Å². The van der Waals surface area contributed by atoms with Crippen molar-refractivity contribution < 1.29 is 9.90 Å². The van der Waals surface area contributed by atoms with Crippen LogP contribution in [0.15, 0.2) is 6.20 Å². The zero-order valence-corrected chi connectivity index (χ0v) is 10.2. The van der Waals surface area contributed by atoms with Gasteiger partial charge in [-0.05, 0) is 27.1 Å². The van der Waals surface area contributed by atoms with Crippen LogP contribution >= 0.6 is 0 Å². The van der Waals surface area contributed by atoms with Gasteiger partial charge in [-0.1, -0.05) is 0 Å². The highest BCUT2D eigenvalue weighted by Crippen LogP contribution is 2.17. The number of nitrogen functional groups attached to an aromatic ring is 1. The molecule has 1 aromatic heterocycles. The Bertz CT molecular complexity index is 375. The lowest BCUT2D eigenvalue weighted by atomic mass is 10.4. The minimum Gasteiger partial charge on any atom is -0.480 e. The molecule has 1 aromatic rings. The maximum atomic E-state index is 10.5. The summed E-state index contributed by atoms with van der Waals surface area (Å²) in [5, 5.41) is 15.5. The van der Waals surface area contributed by atoms with E-state index in [1.54, 1.807) is 4.68 Å². The number of carbonyl (C=O) groups is 1. The lowest BCUT2D eigenvalue weighted by Gasteiger charge is -2.11. The summed E-state index contributed by atoms with van der Waals surface area (Å²) in [6.07, 6.45) is 2.45. The molecule has 7 nitrogen and oxygen atoms in total. The van der Waals surface area contributed by atoms with Crippen LogP contribution in [-0.4, -0.2) is 52.9 Å². The quantitative estimate of drug-likeness (QED) is 0.617. The van der Waals surface area contributed by atoms with Gasteiger partial charge in [-0.15, -0.1) is 0 Å². The van der Waals surface area contributed by atoms with Gasteiger partial charge in [0.25, 0.3) is 0 Å². The van der Waals surface area contributed by atoms with Crippen LogP contribution in [0.2, 0.25) is 0 Å². The normalized spacial score (nSPS) is 10.8. The van der Waals surface area contributed by atoms with Gasteiger partial charge in [0, 0.05) is 6.54 Å². The number of hydrogen-bond donors (Lipinski definition) is 3. The Labute approximate surface area is 100 Å². The van der Waals surface area contributed by atoms with E-state index in [2.05, 4.69) is 15.3 Å². The monoisotopic (exact) mass is 241 g/mol. The summed E-state index contributed by atoms with van der Waals surface area (Å²) >= 11 is 0. The first kappa shape index (κ1) is 13.3. The molecule has 0 bridgehead atoms. The van der Waals surface area contributed by atoms with Gasteiger partial charge < -0.3 is 21.1 Å². The number of hydrogen-bond acceptors (Lipinski definition) is 5. The average Bonchev–Trinajstić information content (AvgIpc) is 2.56. The molecule has 17 heavy (non-hydrogen) atoms. The zero-order chi connectivity index (χ0) is 12.8. The Morgan fingerprint density at radius 1 is 1.65 bits per heavy atom. The number of nitrogens with two attached hydrogens (primary N) is 1. The summed E-state index contributed by atoms with van der Waals surface area (Å²) in [5.41, 5.74) is 6.18. The van der Waals surface area contributed by atoms with Gasteiger partial charge in [-0.3, -0.25) is 4.79 Å². The molecule has 0 unspecified atom stereocenters. The minimum absolute atomic E-state index is 0.163. The maximum Gasteiger partial charge on any atom is 0.322 e. The molecule has 1 heterocycles. The summed E-state index contributed by atoms with van der Waals surface area (Å²) in [5.74, 6) is -0.350. The molecular formula is C10H19N5O2. The van der Waals surface area contributed by atoms with Crippen LogP contribution in [0.25, 0.3) is 0 Å². The van der Waals surface area contributed by atoms with E-state index in [-0.39, 0.29) is 6.54 Å². The second-order valence-electron chi connectivity index (χ2n) is 4.08. The molecule has 7 heteroatoms. The van der Waals surface area contributed by atoms with E-state index in [1.807, 2.05) is 14.1 Å². The fourth-order valence-corrected chi connectivity index (χ4v) is 1.46. The Morgan fingerprint density at radius 3 is 2.94 bits per heavy atom. The lowest BCUT2D eigenvalue weighted by molar-refractivity contribution is -0.134. The second kappa shape index (κ2) is 6.09. The first-order valence-corrected chi connectivity index (χ1v) is 5.42. The van der Waals surface area contributed by atoms with Gasteiger partial charge in [0.2, 0.25) is 0 Å². The third-order valence-corrected chi connectivity index (χ3v) is 2.25. The fourth-order valence-electron chi connectivity index (χ4n) is 1.46. The fraction of sp³-hybridized carbons (Fsp3) is 0.600. The van der Waals surface area contributed by atoms with E-state index in [0.29, 0.717) is 18.1 Å². The largest absolute Gasteiger partial charge is 0.480 e. The molecule has 1 rings (SSSR count). The number of nitrogens with zero attached hydrogens (tertiary/aromatic N) is 3. The van der Waals surface area contributed by atoms with Crippen molar-refractivity contribution in [2.45, 2.75) is 13.0 Å². The Kier molecular flexibility index (Phi) is 4.77. The number of aryl methyl sites for hydroxylation is 1. The number of rotatable bonds is 7. The second-order valence-corrected chi connectivity index (χ2v) is 4.08. The van der Waals surface area contributed by atoms with Gasteiger partial charge in [-0.2, -0.15) is 5.10 Å². The topological polar surface area (TPSA) is 96.4 Å². The minimum atomic E-state index is -0.926. The molecule has 0 radical (unpaired) electrons. The van der Waals surface area contributed by atoms with Crippen molar-refractivity contribution in [2.24, 2.45) is 0 Å². The lowest BCUT2D eigenvalue weighted by Crippen LogP contribution is -2.19. The van der Waals surface area contributed by atoms with Crippen LogP contribution in [-0.2, 0) is 11.3 Å². The summed E-state index contributed by atoms with van der Waals surface area (Å²) in [6.45, 7) is 1.49. The SMILES string of the molecule is CN(C)CCCn1ncc(N)c1NCC(=O)O. The maximum absolute atomic E-state index is 10.5. The van der Waals surface area contributed by atoms with E-state index >= 15 is 0 Å².